The van der Waals surface area contributed by atoms with Gasteiger partial charge in [0, 0.05) is 11.8 Å². The van der Waals surface area contributed by atoms with Crippen LogP contribution >= 0.6 is 0 Å². The fourth-order valence-electron chi connectivity index (χ4n) is 2.40. The number of fused-ring (bicyclic) bond motifs is 1. The second-order valence-corrected chi connectivity index (χ2v) is 5.45. The van der Waals surface area contributed by atoms with E-state index in [1.807, 2.05) is 19.1 Å². The molecular formula is C17H15N5O3. The van der Waals surface area contributed by atoms with E-state index < -0.39 is 11.9 Å². The Hall–Kier alpha value is -3.55. The summed E-state index contributed by atoms with van der Waals surface area (Å²) in [5.74, 6) is -1.16. The SMILES string of the molecule is Cc1cccn2c(N=Nc3ccc(C(N)=O)cc3)c(CC(=O)O)nc12. The molecule has 0 aliphatic carbocycles. The zero-order valence-electron chi connectivity index (χ0n) is 13.4. The fraction of sp³-hybridized carbons (Fsp3) is 0.118. The summed E-state index contributed by atoms with van der Waals surface area (Å²) < 4.78 is 1.70. The fourth-order valence-corrected chi connectivity index (χ4v) is 2.40. The van der Waals surface area contributed by atoms with Gasteiger partial charge in [0.1, 0.15) is 5.65 Å². The maximum Gasteiger partial charge on any atom is 0.309 e. The van der Waals surface area contributed by atoms with E-state index in [9.17, 15) is 9.59 Å². The normalized spacial score (nSPS) is 11.2. The first-order valence-electron chi connectivity index (χ1n) is 7.45. The van der Waals surface area contributed by atoms with E-state index in [1.165, 1.54) is 0 Å². The Morgan fingerprint density at radius 1 is 1.20 bits per heavy atom. The predicted molar refractivity (Wildman–Crippen MR) is 90.4 cm³/mol. The first-order valence-corrected chi connectivity index (χ1v) is 7.45. The second kappa shape index (κ2) is 6.52. The van der Waals surface area contributed by atoms with Crippen LogP contribution < -0.4 is 5.73 Å². The highest BCUT2D eigenvalue weighted by Gasteiger charge is 2.16. The van der Waals surface area contributed by atoms with Gasteiger partial charge in [0.25, 0.3) is 0 Å². The number of amides is 1. The first kappa shape index (κ1) is 16.3. The van der Waals surface area contributed by atoms with E-state index in [0.29, 0.717) is 28.4 Å². The minimum atomic E-state index is -0.997. The standard InChI is InChI=1S/C17H15N5O3/c1-10-3-2-8-22-16(10)19-13(9-14(23)24)17(22)21-20-12-6-4-11(5-7-12)15(18)25/h2-8H,9H2,1H3,(H2,18,25)(H,23,24). The number of azo groups is 1. The molecule has 8 heteroatoms. The van der Waals surface area contributed by atoms with Gasteiger partial charge in [-0.2, -0.15) is 0 Å². The number of imidazole rings is 1. The zero-order valence-corrected chi connectivity index (χ0v) is 13.4. The quantitative estimate of drug-likeness (QED) is 0.695. The van der Waals surface area contributed by atoms with Crippen LogP contribution in [0.1, 0.15) is 21.6 Å². The smallest absolute Gasteiger partial charge is 0.309 e. The Kier molecular flexibility index (Phi) is 4.25. The van der Waals surface area contributed by atoms with Gasteiger partial charge in [-0.05, 0) is 42.8 Å². The maximum absolute atomic E-state index is 11.1. The molecule has 2 aromatic heterocycles. The molecule has 0 saturated heterocycles. The van der Waals surface area contributed by atoms with Gasteiger partial charge < -0.3 is 10.8 Å². The van der Waals surface area contributed by atoms with E-state index in [0.717, 1.165) is 5.56 Å². The van der Waals surface area contributed by atoms with Crippen LogP contribution in [0.25, 0.3) is 5.65 Å². The van der Waals surface area contributed by atoms with Crippen molar-refractivity contribution in [3.05, 3.63) is 59.4 Å². The molecule has 0 aliphatic rings. The number of nitrogens with two attached hydrogens (primary N) is 1. The van der Waals surface area contributed by atoms with E-state index >= 15 is 0 Å². The van der Waals surface area contributed by atoms with Crippen molar-refractivity contribution < 1.29 is 14.7 Å². The van der Waals surface area contributed by atoms with Crippen LogP contribution in [0.3, 0.4) is 0 Å². The molecular weight excluding hydrogens is 322 g/mol. The molecule has 25 heavy (non-hydrogen) atoms. The lowest BCUT2D eigenvalue weighted by Gasteiger charge is -1.99. The van der Waals surface area contributed by atoms with Gasteiger partial charge in [0.05, 0.1) is 17.8 Å². The number of carbonyl (C=O) groups excluding carboxylic acids is 1. The molecule has 0 unspecified atom stereocenters. The summed E-state index contributed by atoms with van der Waals surface area (Å²) >= 11 is 0. The van der Waals surface area contributed by atoms with Gasteiger partial charge >= 0.3 is 5.97 Å². The number of nitrogens with zero attached hydrogens (tertiary/aromatic N) is 4. The zero-order chi connectivity index (χ0) is 18.0. The van der Waals surface area contributed by atoms with Crippen LogP contribution in [0.15, 0.2) is 52.8 Å². The molecule has 0 atom stereocenters. The van der Waals surface area contributed by atoms with Crippen molar-refractivity contribution in [2.45, 2.75) is 13.3 Å². The van der Waals surface area contributed by atoms with Crippen LogP contribution in [-0.4, -0.2) is 26.4 Å². The van der Waals surface area contributed by atoms with Crippen molar-refractivity contribution in [2.24, 2.45) is 16.0 Å². The van der Waals surface area contributed by atoms with Crippen molar-refractivity contribution in [3.8, 4) is 0 Å². The van der Waals surface area contributed by atoms with Gasteiger partial charge in [-0.15, -0.1) is 10.2 Å². The van der Waals surface area contributed by atoms with Crippen LogP contribution in [-0.2, 0) is 11.2 Å². The number of primary amides is 1. The molecule has 0 aliphatic heterocycles. The number of carboxylic acids is 1. The monoisotopic (exact) mass is 337 g/mol. The van der Waals surface area contributed by atoms with Crippen LogP contribution in [0, 0.1) is 6.92 Å². The summed E-state index contributed by atoms with van der Waals surface area (Å²) in [6, 6.07) is 10.0. The maximum atomic E-state index is 11.1. The van der Waals surface area contributed by atoms with Gasteiger partial charge in [-0.3, -0.25) is 14.0 Å². The number of aryl methyl sites for hydroxylation is 1. The minimum absolute atomic E-state index is 0.254. The van der Waals surface area contributed by atoms with Crippen molar-refractivity contribution in [1.82, 2.24) is 9.38 Å². The van der Waals surface area contributed by atoms with E-state index in [1.54, 1.807) is 34.9 Å². The van der Waals surface area contributed by atoms with Crippen molar-refractivity contribution in [1.29, 1.82) is 0 Å². The summed E-state index contributed by atoms with van der Waals surface area (Å²) in [5, 5.41) is 17.4. The Labute approximate surface area is 142 Å². The third-order valence-electron chi connectivity index (χ3n) is 3.62. The highest BCUT2D eigenvalue weighted by Crippen LogP contribution is 2.26. The summed E-state index contributed by atoms with van der Waals surface area (Å²) in [5.41, 5.74) is 7.95. The highest BCUT2D eigenvalue weighted by atomic mass is 16.4. The molecule has 0 bridgehead atoms. The Morgan fingerprint density at radius 3 is 2.56 bits per heavy atom. The molecule has 0 radical (unpaired) electrons. The van der Waals surface area contributed by atoms with Gasteiger partial charge in [0.15, 0.2) is 5.82 Å². The minimum Gasteiger partial charge on any atom is -0.481 e. The number of aliphatic carboxylic acids is 1. The Bertz CT molecular complexity index is 989. The van der Waals surface area contributed by atoms with E-state index in [4.69, 9.17) is 10.8 Å². The first-order chi connectivity index (χ1) is 12.0. The summed E-state index contributed by atoms with van der Waals surface area (Å²) in [6.07, 6.45) is 1.50. The molecule has 3 aromatic rings. The number of hydrogen-bond donors (Lipinski definition) is 2. The molecule has 8 nitrogen and oxygen atoms in total. The lowest BCUT2D eigenvalue weighted by atomic mass is 10.2. The average molecular weight is 337 g/mol. The average Bonchev–Trinajstić information content (AvgIpc) is 2.91. The van der Waals surface area contributed by atoms with Crippen molar-refractivity contribution >= 4 is 29.0 Å². The summed E-state index contributed by atoms with van der Waals surface area (Å²) in [6.45, 7) is 1.89. The second-order valence-electron chi connectivity index (χ2n) is 5.45. The predicted octanol–water partition coefficient (Wildman–Crippen LogP) is 2.78. The molecule has 1 aromatic carbocycles. The number of carbonyl (C=O) groups is 2. The molecule has 3 N–H and O–H groups in total. The van der Waals surface area contributed by atoms with Gasteiger partial charge in [0.2, 0.25) is 5.91 Å². The molecule has 0 fully saturated rings. The lowest BCUT2D eigenvalue weighted by molar-refractivity contribution is -0.136. The Balaban J connectivity index is 2.03. The van der Waals surface area contributed by atoms with Gasteiger partial charge in [-0.25, -0.2) is 4.98 Å². The third kappa shape index (κ3) is 3.37. The molecule has 0 saturated carbocycles. The summed E-state index contributed by atoms with van der Waals surface area (Å²) in [4.78, 5) is 26.5. The van der Waals surface area contributed by atoms with E-state index in [2.05, 4.69) is 15.2 Å². The van der Waals surface area contributed by atoms with Crippen LogP contribution in [0.2, 0.25) is 0 Å². The molecule has 3 rings (SSSR count). The number of carboxylic acid groups (broad SMARTS) is 1. The molecule has 2 heterocycles. The number of pyridine rings is 1. The molecule has 0 spiro atoms. The number of hydrogen-bond acceptors (Lipinski definition) is 5. The largest absolute Gasteiger partial charge is 0.481 e. The van der Waals surface area contributed by atoms with Crippen LogP contribution in [0.4, 0.5) is 11.5 Å². The number of benzene rings is 1. The van der Waals surface area contributed by atoms with Crippen LogP contribution in [0.5, 0.6) is 0 Å². The highest BCUT2D eigenvalue weighted by molar-refractivity contribution is 5.93. The lowest BCUT2D eigenvalue weighted by Crippen LogP contribution is -2.10. The Morgan fingerprint density at radius 2 is 1.92 bits per heavy atom. The van der Waals surface area contributed by atoms with Gasteiger partial charge in [-0.1, -0.05) is 6.07 Å². The number of rotatable bonds is 5. The van der Waals surface area contributed by atoms with E-state index in [-0.39, 0.29) is 6.42 Å². The number of aromatic nitrogens is 2. The van der Waals surface area contributed by atoms with Crippen molar-refractivity contribution in [3.63, 3.8) is 0 Å². The summed E-state index contributed by atoms with van der Waals surface area (Å²) in [7, 11) is 0. The van der Waals surface area contributed by atoms with Crippen molar-refractivity contribution in [2.75, 3.05) is 0 Å². The topological polar surface area (TPSA) is 122 Å². The molecule has 1 amide bonds. The molecule has 126 valence electrons. The third-order valence-corrected chi connectivity index (χ3v) is 3.62.